The minimum Gasteiger partial charge on any atom is -0.396 e. The fraction of sp³-hybridized carbons (Fsp3) is 1.00. The summed E-state index contributed by atoms with van der Waals surface area (Å²) in [4.78, 5) is 0. The smallest absolute Gasteiger partial charge is 0.0434 e. The predicted octanol–water partition coefficient (Wildman–Crippen LogP) is 2.95. The fourth-order valence-corrected chi connectivity index (χ4v) is 1.92. The van der Waals surface area contributed by atoms with Crippen LogP contribution in [0, 0.1) is 5.92 Å². The zero-order valence-corrected chi connectivity index (χ0v) is 10.8. The van der Waals surface area contributed by atoms with Crippen molar-refractivity contribution < 1.29 is 5.11 Å². The molecule has 2 nitrogen and oxygen atoms in total. The van der Waals surface area contributed by atoms with E-state index in [1.54, 1.807) is 0 Å². The van der Waals surface area contributed by atoms with Crippen LogP contribution < -0.4 is 5.32 Å². The third-order valence-corrected chi connectivity index (χ3v) is 2.98. The van der Waals surface area contributed by atoms with Crippen LogP contribution in [0.25, 0.3) is 0 Å². The molecule has 0 radical (unpaired) electrons. The predicted molar refractivity (Wildman–Crippen MR) is 67.1 cm³/mol. The molecule has 2 unspecified atom stereocenters. The van der Waals surface area contributed by atoms with Crippen LogP contribution in [0.5, 0.6) is 0 Å². The molecule has 0 amide bonds. The number of aliphatic hydroxyl groups excluding tert-OH is 1. The molecule has 0 aliphatic rings. The van der Waals surface area contributed by atoms with E-state index < -0.39 is 0 Å². The maximum Gasteiger partial charge on any atom is 0.0434 e. The fourth-order valence-electron chi connectivity index (χ4n) is 1.92. The zero-order valence-electron chi connectivity index (χ0n) is 10.8. The van der Waals surface area contributed by atoms with Gasteiger partial charge in [0.15, 0.2) is 0 Å². The van der Waals surface area contributed by atoms with Crippen LogP contribution in [0.15, 0.2) is 0 Å². The summed E-state index contributed by atoms with van der Waals surface area (Å²) in [6, 6.07) is 0.628. The standard InChI is InChI=1S/C13H29NO/c1-4-6-8-12(3)14-11-13(7-5-2)9-10-15/h12-15H,4-11H2,1-3H3. The average Bonchev–Trinajstić information content (AvgIpc) is 2.23. The maximum atomic E-state index is 8.94. The minimum absolute atomic E-state index is 0.329. The normalized spacial score (nSPS) is 15.2. The van der Waals surface area contributed by atoms with E-state index in [2.05, 4.69) is 26.1 Å². The molecule has 0 bridgehead atoms. The van der Waals surface area contributed by atoms with Crippen molar-refractivity contribution in [1.82, 2.24) is 5.32 Å². The number of hydrogen-bond acceptors (Lipinski definition) is 2. The van der Waals surface area contributed by atoms with E-state index in [0.717, 1.165) is 13.0 Å². The van der Waals surface area contributed by atoms with Gasteiger partial charge in [0, 0.05) is 12.6 Å². The second kappa shape index (κ2) is 10.4. The minimum atomic E-state index is 0.329. The van der Waals surface area contributed by atoms with Gasteiger partial charge in [0.05, 0.1) is 0 Å². The highest BCUT2D eigenvalue weighted by Crippen LogP contribution is 2.10. The van der Waals surface area contributed by atoms with Gasteiger partial charge >= 0.3 is 0 Å². The molecule has 2 atom stereocenters. The summed E-state index contributed by atoms with van der Waals surface area (Å²) >= 11 is 0. The Morgan fingerprint density at radius 2 is 1.80 bits per heavy atom. The van der Waals surface area contributed by atoms with E-state index in [9.17, 15) is 0 Å². The number of nitrogens with one attached hydrogen (secondary N) is 1. The summed E-state index contributed by atoms with van der Waals surface area (Å²) < 4.78 is 0. The second-order valence-electron chi connectivity index (χ2n) is 4.62. The van der Waals surface area contributed by atoms with Crippen molar-refractivity contribution in [3.8, 4) is 0 Å². The van der Waals surface area contributed by atoms with Crippen LogP contribution in [0.1, 0.15) is 59.3 Å². The molecule has 0 aliphatic carbocycles. The van der Waals surface area contributed by atoms with E-state index in [-0.39, 0.29) is 0 Å². The van der Waals surface area contributed by atoms with E-state index in [1.807, 2.05) is 0 Å². The molecule has 0 heterocycles. The molecule has 0 aromatic heterocycles. The lowest BCUT2D eigenvalue weighted by atomic mass is 9.99. The van der Waals surface area contributed by atoms with Gasteiger partial charge in [0.2, 0.25) is 0 Å². The van der Waals surface area contributed by atoms with Crippen LogP contribution in [0.4, 0.5) is 0 Å². The largest absolute Gasteiger partial charge is 0.396 e. The first-order valence-electron chi connectivity index (χ1n) is 6.58. The van der Waals surface area contributed by atoms with Crippen molar-refractivity contribution in [2.24, 2.45) is 5.92 Å². The Hall–Kier alpha value is -0.0800. The lowest BCUT2D eigenvalue weighted by molar-refractivity contribution is 0.245. The van der Waals surface area contributed by atoms with Crippen molar-refractivity contribution in [3.05, 3.63) is 0 Å². The Kier molecular flexibility index (Phi) is 10.4. The van der Waals surface area contributed by atoms with Gasteiger partial charge in [-0.2, -0.15) is 0 Å². The molecule has 92 valence electrons. The summed E-state index contributed by atoms with van der Waals surface area (Å²) in [6.07, 6.45) is 7.26. The van der Waals surface area contributed by atoms with Gasteiger partial charge in [-0.3, -0.25) is 0 Å². The third kappa shape index (κ3) is 8.88. The van der Waals surface area contributed by atoms with E-state index in [4.69, 9.17) is 5.11 Å². The van der Waals surface area contributed by atoms with E-state index in [0.29, 0.717) is 18.6 Å². The van der Waals surface area contributed by atoms with Gasteiger partial charge in [-0.25, -0.2) is 0 Å². The molecular weight excluding hydrogens is 186 g/mol. The highest BCUT2D eigenvalue weighted by Gasteiger charge is 2.08. The van der Waals surface area contributed by atoms with Gasteiger partial charge in [-0.1, -0.05) is 33.1 Å². The van der Waals surface area contributed by atoms with Crippen LogP contribution in [-0.4, -0.2) is 24.3 Å². The second-order valence-corrected chi connectivity index (χ2v) is 4.62. The highest BCUT2D eigenvalue weighted by atomic mass is 16.3. The molecule has 0 fully saturated rings. The quantitative estimate of drug-likeness (QED) is 0.587. The van der Waals surface area contributed by atoms with Crippen molar-refractivity contribution in [3.63, 3.8) is 0 Å². The van der Waals surface area contributed by atoms with E-state index >= 15 is 0 Å². The van der Waals surface area contributed by atoms with Crippen molar-refractivity contribution in [2.75, 3.05) is 13.2 Å². The van der Waals surface area contributed by atoms with Gasteiger partial charge in [0.1, 0.15) is 0 Å². The summed E-state index contributed by atoms with van der Waals surface area (Å²) in [6.45, 7) is 8.11. The SMILES string of the molecule is CCCCC(C)NCC(CCC)CCO. The first-order valence-corrected chi connectivity index (χ1v) is 6.58. The monoisotopic (exact) mass is 215 g/mol. The van der Waals surface area contributed by atoms with Crippen molar-refractivity contribution in [2.45, 2.75) is 65.3 Å². The number of rotatable bonds is 10. The van der Waals surface area contributed by atoms with Gasteiger partial charge in [-0.15, -0.1) is 0 Å². The van der Waals surface area contributed by atoms with Crippen molar-refractivity contribution in [1.29, 1.82) is 0 Å². The van der Waals surface area contributed by atoms with Crippen molar-refractivity contribution >= 4 is 0 Å². The zero-order chi connectivity index (χ0) is 11.5. The first-order chi connectivity index (χ1) is 7.24. The Morgan fingerprint density at radius 3 is 2.33 bits per heavy atom. The molecule has 2 N–H and O–H groups in total. The average molecular weight is 215 g/mol. The molecule has 0 rings (SSSR count). The number of aliphatic hydroxyl groups is 1. The van der Waals surface area contributed by atoms with Crippen LogP contribution in [0.2, 0.25) is 0 Å². The summed E-state index contributed by atoms with van der Waals surface area (Å²) in [7, 11) is 0. The first kappa shape index (κ1) is 14.9. The van der Waals surface area contributed by atoms with E-state index in [1.165, 1.54) is 32.1 Å². The Bertz CT molecular complexity index is 122. The third-order valence-electron chi connectivity index (χ3n) is 2.98. The van der Waals surface area contributed by atoms with Crippen LogP contribution in [0.3, 0.4) is 0 Å². The number of hydrogen-bond donors (Lipinski definition) is 2. The molecule has 0 aliphatic heterocycles. The van der Waals surface area contributed by atoms with Gasteiger partial charge < -0.3 is 10.4 Å². The molecule has 0 aromatic rings. The highest BCUT2D eigenvalue weighted by molar-refractivity contribution is 4.66. The Labute approximate surface area is 95.5 Å². The Morgan fingerprint density at radius 1 is 1.07 bits per heavy atom. The lowest BCUT2D eigenvalue weighted by Gasteiger charge is -2.19. The van der Waals surface area contributed by atoms with Gasteiger partial charge in [-0.05, 0) is 38.6 Å². The maximum absolute atomic E-state index is 8.94. The molecule has 0 saturated carbocycles. The molecule has 2 heteroatoms. The molecular formula is C13H29NO. The van der Waals surface area contributed by atoms with Crippen LogP contribution in [-0.2, 0) is 0 Å². The molecule has 0 aromatic carbocycles. The van der Waals surface area contributed by atoms with Crippen LogP contribution >= 0.6 is 0 Å². The molecule has 0 spiro atoms. The number of unbranched alkanes of at least 4 members (excludes halogenated alkanes) is 1. The summed E-state index contributed by atoms with van der Waals surface area (Å²) in [5, 5.41) is 12.5. The summed E-state index contributed by atoms with van der Waals surface area (Å²) in [5.41, 5.74) is 0. The van der Waals surface area contributed by atoms with Gasteiger partial charge in [0.25, 0.3) is 0 Å². The lowest BCUT2D eigenvalue weighted by Crippen LogP contribution is -2.31. The molecule has 0 saturated heterocycles. The molecule has 15 heavy (non-hydrogen) atoms. The Balaban J connectivity index is 3.57. The summed E-state index contributed by atoms with van der Waals surface area (Å²) in [5.74, 6) is 0.657. The topological polar surface area (TPSA) is 32.3 Å².